The van der Waals surface area contributed by atoms with E-state index in [2.05, 4.69) is 33.9 Å². The average Bonchev–Trinajstić information content (AvgIpc) is 2.71. The Kier molecular flexibility index (Phi) is 9.70. The maximum Gasteiger partial charge on any atom is 0.410 e. The predicted octanol–water partition coefficient (Wildman–Crippen LogP) is 7.37. The van der Waals surface area contributed by atoms with Crippen molar-refractivity contribution in [2.75, 3.05) is 19.7 Å². The Labute approximate surface area is 213 Å². The number of unbranched alkanes of at least 4 members (excludes halogenated alkanes) is 1. The van der Waals surface area contributed by atoms with E-state index in [1.807, 2.05) is 45.0 Å². The zero-order valence-electron chi connectivity index (χ0n) is 22.5. The molecule has 2 atom stereocenters. The van der Waals surface area contributed by atoms with Gasteiger partial charge in [-0.2, -0.15) is 0 Å². The molecule has 0 aromatic heterocycles. The molecule has 7 heteroatoms. The summed E-state index contributed by atoms with van der Waals surface area (Å²) in [4.78, 5) is 14.5. The number of hydrogen-bond acceptors (Lipinski definition) is 4. The SMILES string of the molecule is CC(C)(C)OC(=O)N1CCCC([C@@](O)(CCCCO[Si](C)(C)C(C)(C)C)c2cccc(Cl)c2)C1. The lowest BCUT2D eigenvalue weighted by molar-refractivity contribution is -0.0640. The van der Waals surface area contributed by atoms with Gasteiger partial charge >= 0.3 is 6.09 Å². The van der Waals surface area contributed by atoms with Gasteiger partial charge in [-0.25, -0.2) is 4.79 Å². The van der Waals surface area contributed by atoms with Gasteiger partial charge < -0.3 is 19.2 Å². The van der Waals surface area contributed by atoms with E-state index in [9.17, 15) is 9.90 Å². The number of amides is 1. The van der Waals surface area contributed by atoms with Crippen LogP contribution in [0.25, 0.3) is 0 Å². The Bertz CT molecular complexity index is 818. The number of piperidine rings is 1. The van der Waals surface area contributed by atoms with Gasteiger partial charge in [0.2, 0.25) is 0 Å². The molecular formula is C27H46ClNO4Si. The summed E-state index contributed by atoms with van der Waals surface area (Å²) in [5.74, 6) is -0.0893. The van der Waals surface area contributed by atoms with E-state index in [1.54, 1.807) is 4.90 Å². The van der Waals surface area contributed by atoms with Crippen molar-refractivity contribution in [2.45, 2.75) is 103 Å². The standard InChI is InChI=1S/C27H46ClNO4Si/c1-25(2,3)33-24(30)29-17-12-14-22(20-29)27(31,21-13-11-15-23(28)19-21)16-9-10-18-32-34(7,8)26(4,5)6/h11,13,15,19,22,31H,9-10,12,14,16-18,20H2,1-8H3/t22?,27-/m1/s1. The maximum atomic E-state index is 12.7. The summed E-state index contributed by atoms with van der Waals surface area (Å²) in [6.45, 7) is 18.7. The van der Waals surface area contributed by atoms with E-state index in [4.69, 9.17) is 20.8 Å². The van der Waals surface area contributed by atoms with Crippen LogP contribution in [0.2, 0.25) is 23.2 Å². The first kappa shape index (κ1) is 29.1. The zero-order chi connectivity index (χ0) is 25.8. The second-order valence-electron chi connectivity index (χ2n) is 12.3. The number of benzene rings is 1. The van der Waals surface area contributed by atoms with Crippen molar-refractivity contribution in [3.05, 3.63) is 34.9 Å². The molecule has 0 bridgehead atoms. The average molecular weight is 512 g/mol. The summed E-state index contributed by atoms with van der Waals surface area (Å²) in [6.07, 6.45) is 3.69. The molecule has 1 unspecified atom stereocenters. The summed E-state index contributed by atoms with van der Waals surface area (Å²) < 4.78 is 11.9. The largest absolute Gasteiger partial charge is 0.444 e. The van der Waals surface area contributed by atoms with Gasteiger partial charge in [-0.3, -0.25) is 0 Å². The van der Waals surface area contributed by atoms with E-state index >= 15 is 0 Å². The lowest BCUT2D eigenvalue weighted by atomic mass is 9.74. The molecule has 194 valence electrons. The second kappa shape index (κ2) is 11.3. The van der Waals surface area contributed by atoms with Crippen molar-refractivity contribution in [3.63, 3.8) is 0 Å². The van der Waals surface area contributed by atoms with Crippen molar-refractivity contribution >= 4 is 26.0 Å². The number of nitrogens with zero attached hydrogens (tertiary/aromatic N) is 1. The third kappa shape index (κ3) is 7.97. The van der Waals surface area contributed by atoms with E-state index in [1.165, 1.54) is 0 Å². The molecule has 1 aliphatic rings. The Hall–Kier alpha value is -1.08. The number of carbonyl (C=O) groups is 1. The molecule has 5 nitrogen and oxygen atoms in total. The first-order valence-corrected chi connectivity index (χ1v) is 15.9. The molecule has 1 heterocycles. The molecule has 0 saturated carbocycles. The van der Waals surface area contributed by atoms with Crippen LogP contribution < -0.4 is 0 Å². The topological polar surface area (TPSA) is 59.0 Å². The number of hydrogen-bond donors (Lipinski definition) is 1. The highest BCUT2D eigenvalue weighted by Gasteiger charge is 2.42. The first-order chi connectivity index (χ1) is 15.6. The van der Waals surface area contributed by atoms with Crippen LogP contribution >= 0.6 is 11.6 Å². The number of halogens is 1. The van der Waals surface area contributed by atoms with Gasteiger partial charge in [0.15, 0.2) is 8.32 Å². The van der Waals surface area contributed by atoms with Crippen molar-refractivity contribution < 1.29 is 19.1 Å². The van der Waals surface area contributed by atoms with Gasteiger partial charge in [-0.15, -0.1) is 0 Å². The van der Waals surface area contributed by atoms with Gasteiger partial charge in [-0.05, 0) is 88.7 Å². The first-order valence-electron chi connectivity index (χ1n) is 12.7. The molecule has 1 aliphatic heterocycles. The highest BCUT2D eigenvalue weighted by molar-refractivity contribution is 6.74. The molecule has 0 spiro atoms. The summed E-state index contributed by atoms with van der Waals surface area (Å²) in [6, 6.07) is 7.52. The van der Waals surface area contributed by atoms with E-state index in [0.717, 1.165) is 31.2 Å². The van der Waals surface area contributed by atoms with Crippen LogP contribution in [0, 0.1) is 5.92 Å². The number of likely N-dealkylation sites (tertiary alicyclic amines) is 1. The van der Waals surface area contributed by atoms with Crippen LogP contribution in [-0.2, 0) is 14.8 Å². The van der Waals surface area contributed by atoms with Gasteiger partial charge in [0, 0.05) is 30.6 Å². The normalized spacial score (nSPS) is 19.6. The van der Waals surface area contributed by atoms with Gasteiger partial charge in [-0.1, -0.05) is 44.5 Å². The van der Waals surface area contributed by atoms with Crippen molar-refractivity contribution in [1.82, 2.24) is 4.90 Å². The van der Waals surface area contributed by atoms with E-state index in [0.29, 0.717) is 31.1 Å². The predicted molar refractivity (Wildman–Crippen MR) is 143 cm³/mol. The smallest absolute Gasteiger partial charge is 0.410 e. The molecule has 34 heavy (non-hydrogen) atoms. The Morgan fingerprint density at radius 3 is 2.44 bits per heavy atom. The number of ether oxygens (including phenoxy) is 1. The maximum absolute atomic E-state index is 12.7. The van der Waals surface area contributed by atoms with Crippen molar-refractivity contribution in [3.8, 4) is 0 Å². The van der Waals surface area contributed by atoms with Crippen LogP contribution in [-0.4, -0.2) is 49.7 Å². The third-order valence-electron chi connectivity index (χ3n) is 7.29. The second-order valence-corrected chi connectivity index (χ2v) is 17.5. The van der Waals surface area contributed by atoms with E-state index < -0.39 is 19.5 Å². The van der Waals surface area contributed by atoms with Crippen LogP contribution in [0.3, 0.4) is 0 Å². The fourth-order valence-corrected chi connectivity index (χ4v) is 5.52. The molecular weight excluding hydrogens is 466 g/mol. The fourth-order valence-electron chi connectivity index (χ4n) is 4.24. The van der Waals surface area contributed by atoms with Gasteiger partial charge in [0.25, 0.3) is 0 Å². The fraction of sp³-hybridized carbons (Fsp3) is 0.741. The number of aliphatic hydroxyl groups is 1. The summed E-state index contributed by atoms with van der Waals surface area (Å²) in [5, 5.41) is 12.9. The monoisotopic (exact) mass is 511 g/mol. The lowest BCUT2D eigenvalue weighted by Crippen LogP contribution is -2.49. The molecule has 1 aromatic carbocycles. The van der Waals surface area contributed by atoms with Gasteiger partial charge in [0.05, 0.1) is 5.60 Å². The third-order valence-corrected chi connectivity index (χ3v) is 12.1. The molecule has 1 N–H and O–H groups in total. The number of rotatable bonds is 8. The zero-order valence-corrected chi connectivity index (χ0v) is 24.3. The lowest BCUT2D eigenvalue weighted by Gasteiger charge is -2.43. The van der Waals surface area contributed by atoms with Crippen LogP contribution in [0.15, 0.2) is 24.3 Å². The highest BCUT2D eigenvalue weighted by Crippen LogP contribution is 2.41. The molecule has 2 rings (SSSR count). The molecule has 1 fully saturated rings. The number of carbonyl (C=O) groups excluding carboxylic acids is 1. The van der Waals surface area contributed by atoms with Crippen molar-refractivity contribution in [1.29, 1.82) is 0 Å². The summed E-state index contributed by atoms with van der Waals surface area (Å²) in [7, 11) is -1.78. The van der Waals surface area contributed by atoms with Gasteiger partial charge in [0.1, 0.15) is 5.60 Å². The molecule has 0 aliphatic carbocycles. The minimum Gasteiger partial charge on any atom is -0.444 e. The molecule has 1 amide bonds. The molecule has 1 aromatic rings. The summed E-state index contributed by atoms with van der Waals surface area (Å²) in [5.41, 5.74) is -0.790. The van der Waals surface area contributed by atoms with Crippen LogP contribution in [0.1, 0.15) is 79.2 Å². The van der Waals surface area contributed by atoms with Crippen LogP contribution in [0.5, 0.6) is 0 Å². The van der Waals surface area contributed by atoms with E-state index in [-0.39, 0.29) is 17.0 Å². The van der Waals surface area contributed by atoms with Crippen LogP contribution in [0.4, 0.5) is 4.79 Å². The van der Waals surface area contributed by atoms with Crippen molar-refractivity contribution in [2.24, 2.45) is 5.92 Å². The minimum absolute atomic E-state index is 0.0893. The molecule has 0 radical (unpaired) electrons. The minimum atomic E-state index is -1.78. The summed E-state index contributed by atoms with van der Waals surface area (Å²) >= 11 is 6.31. The Balaban J connectivity index is 2.12. The molecule has 1 saturated heterocycles. The Morgan fingerprint density at radius 1 is 1.18 bits per heavy atom. The quantitative estimate of drug-likeness (QED) is 0.292. The Morgan fingerprint density at radius 2 is 1.85 bits per heavy atom. The highest BCUT2D eigenvalue weighted by atomic mass is 35.5.